The third kappa shape index (κ3) is 6.11. The average Bonchev–Trinajstić information content (AvgIpc) is 3.27. The van der Waals surface area contributed by atoms with Gasteiger partial charge in [0.1, 0.15) is 5.75 Å². The number of anilines is 1. The predicted octanol–water partition coefficient (Wildman–Crippen LogP) is 4.14. The van der Waals surface area contributed by atoms with Crippen molar-refractivity contribution in [2.75, 3.05) is 24.7 Å². The second-order valence-corrected chi connectivity index (χ2v) is 7.72. The molecule has 0 aliphatic rings. The van der Waals surface area contributed by atoms with Crippen LogP contribution in [0.2, 0.25) is 0 Å². The number of methoxy groups -OCH3 is 1. The lowest BCUT2D eigenvalue weighted by molar-refractivity contribution is -0.113. The molecule has 0 saturated carbocycles. The summed E-state index contributed by atoms with van der Waals surface area (Å²) in [6.07, 6.45) is 5.47. The van der Waals surface area contributed by atoms with E-state index in [4.69, 9.17) is 4.74 Å². The van der Waals surface area contributed by atoms with E-state index in [2.05, 4.69) is 22.5 Å². The van der Waals surface area contributed by atoms with Crippen molar-refractivity contribution >= 4 is 29.3 Å². The van der Waals surface area contributed by atoms with Crippen LogP contribution < -0.4 is 15.4 Å². The lowest BCUT2D eigenvalue weighted by Crippen LogP contribution is -2.24. The molecule has 0 saturated heterocycles. The van der Waals surface area contributed by atoms with Crippen LogP contribution >= 0.6 is 11.8 Å². The molecular weight excluding hydrogens is 412 g/mol. The standard InChI is InChI=1S/C23H26N4O3S/c1-3-4-12-24-22(29)17-8-7-9-18(15-17)27-14-13-25-23(27)31-16-21(28)26-19-10-5-6-11-20(19)30-2/h5-11,13-15H,3-4,12,16H2,1-2H3,(H,24,29)(H,26,28). The molecule has 1 heterocycles. The quantitative estimate of drug-likeness (QED) is 0.367. The van der Waals surface area contributed by atoms with Crippen molar-refractivity contribution in [2.45, 2.75) is 24.9 Å². The zero-order valence-corrected chi connectivity index (χ0v) is 18.4. The van der Waals surface area contributed by atoms with Crippen LogP contribution in [-0.2, 0) is 4.79 Å². The van der Waals surface area contributed by atoms with Gasteiger partial charge >= 0.3 is 0 Å². The molecule has 1 aromatic heterocycles. The van der Waals surface area contributed by atoms with Crippen LogP contribution in [0.3, 0.4) is 0 Å². The lowest BCUT2D eigenvalue weighted by Gasteiger charge is -2.11. The fourth-order valence-corrected chi connectivity index (χ4v) is 3.71. The summed E-state index contributed by atoms with van der Waals surface area (Å²) < 4.78 is 7.13. The predicted molar refractivity (Wildman–Crippen MR) is 123 cm³/mol. The number of carbonyl (C=O) groups is 2. The van der Waals surface area contributed by atoms with E-state index in [0.29, 0.717) is 28.7 Å². The molecule has 2 N–H and O–H groups in total. The normalized spacial score (nSPS) is 10.5. The summed E-state index contributed by atoms with van der Waals surface area (Å²) in [5.74, 6) is 0.539. The summed E-state index contributed by atoms with van der Waals surface area (Å²) in [5, 5.41) is 6.45. The molecule has 8 heteroatoms. The number of para-hydroxylation sites is 2. The van der Waals surface area contributed by atoms with Crippen molar-refractivity contribution in [2.24, 2.45) is 0 Å². The highest BCUT2D eigenvalue weighted by atomic mass is 32.2. The van der Waals surface area contributed by atoms with Crippen molar-refractivity contribution in [1.82, 2.24) is 14.9 Å². The molecule has 162 valence electrons. The topological polar surface area (TPSA) is 85.2 Å². The number of aromatic nitrogens is 2. The molecule has 0 spiro atoms. The van der Waals surface area contributed by atoms with Gasteiger partial charge in [0, 0.05) is 30.2 Å². The average molecular weight is 439 g/mol. The second-order valence-electron chi connectivity index (χ2n) is 6.78. The van der Waals surface area contributed by atoms with Crippen molar-refractivity contribution < 1.29 is 14.3 Å². The van der Waals surface area contributed by atoms with Gasteiger partial charge < -0.3 is 15.4 Å². The van der Waals surface area contributed by atoms with Gasteiger partial charge in [-0.2, -0.15) is 0 Å². The number of thioether (sulfide) groups is 1. The van der Waals surface area contributed by atoms with Gasteiger partial charge in [-0.3, -0.25) is 14.2 Å². The molecule has 0 unspecified atom stereocenters. The minimum absolute atomic E-state index is 0.0965. The third-order valence-electron chi connectivity index (χ3n) is 4.52. The van der Waals surface area contributed by atoms with E-state index in [1.165, 1.54) is 11.8 Å². The maximum absolute atomic E-state index is 12.4. The van der Waals surface area contributed by atoms with Gasteiger partial charge in [-0.1, -0.05) is 43.3 Å². The van der Waals surface area contributed by atoms with Crippen molar-refractivity contribution in [3.63, 3.8) is 0 Å². The van der Waals surface area contributed by atoms with Crippen LogP contribution in [0.4, 0.5) is 5.69 Å². The van der Waals surface area contributed by atoms with Crippen LogP contribution in [0, 0.1) is 0 Å². The van der Waals surface area contributed by atoms with Crippen molar-refractivity contribution in [3.8, 4) is 11.4 Å². The highest BCUT2D eigenvalue weighted by molar-refractivity contribution is 7.99. The highest BCUT2D eigenvalue weighted by Gasteiger charge is 2.12. The van der Waals surface area contributed by atoms with Gasteiger partial charge in [0.2, 0.25) is 5.91 Å². The Kier molecular flexibility index (Phi) is 8.12. The minimum Gasteiger partial charge on any atom is -0.495 e. The molecule has 3 aromatic rings. The zero-order chi connectivity index (χ0) is 22.1. The van der Waals surface area contributed by atoms with Gasteiger partial charge in [0.25, 0.3) is 5.91 Å². The van der Waals surface area contributed by atoms with E-state index in [1.807, 2.05) is 41.1 Å². The summed E-state index contributed by atoms with van der Waals surface area (Å²) in [6.45, 7) is 2.74. The number of hydrogen-bond acceptors (Lipinski definition) is 5. The summed E-state index contributed by atoms with van der Waals surface area (Å²) >= 11 is 1.32. The number of imidazole rings is 1. The molecule has 0 atom stereocenters. The number of rotatable bonds is 10. The molecule has 0 fully saturated rings. The molecular formula is C23H26N4O3S. The number of benzene rings is 2. The molecule has 0 radical (unpaired) electrons. The summed E-state index contributed by atoms with van der Waals surface area (Å²) in [4.78, 5) is 29.1. The maximum Gasteiger partial charge on any atom is 0.251 e. The number of nitrogens with zero attached hydrogens (tertiary/aromatic N) is 2. The Morgan fingerprint density at radius 3 is 2.81 bits per heavy atom. The number of hydrogen-bond donors (Lipinski definition) is 2. The molecule has 0 bridgehead atoms. The first kappa shape index (κ1) is 22.4. The van der Waals surface area contributed by atoms with Crippen LogP contribution in [0.1, 0.15) is 30.1 Å². The smallest absolute Gasteiger partial charge is 0.251 e. The monoisotopic (exact) mass is 438 g/mol. The number of ether oxygens (including phenoxy) is 1. The minimum atomic E-state index is -0.159. The Labute approximate surface area is 186 Å². The van der Waals surface area contributed by atoms with Crippen molar-refractivity contribution in [1.29, 1.82) is 0 Å². The van der Waals surface area contributed by atoms with E-state index < -0.39 is 0 Å². The van der Waals surface area contributed by atoms with Crippen LogP contribution in [0.15, 0.2) is 66.1 Å². The SMILES string of the molecule is CCCCNC(=O)c1cccc(-n2ccnc2SCC(=O)Nc2ccccc2OC)c1. The Morgan fingerprint density at radius 2 is 2.00 bits per heavy atom. The molecule has 31 heavy (non-hydrogen) atoms. The van der Waals surface area contributed by atoms with Gasteiger partial charge in [-0.05, 0) is 36.8 Å². The van der Waals surface area contributed by atoms with E-state index in [9.17, 15) is 9.59 Å². The van der Waals surface area contributed by atoms with Crippen LogP contribution in [-0.4, -0.2) is 40.8 Å². The summed E-state index contributed by atoms with van der Waals surface area (Å²) in [5.41, 5.74) is 2.03. The van der Waals surface area contributed by atoms with Crippen molar-refractivity contribution in [3.05, 3.63) is 66.5 Å². The Morgan fingerprint density at radius 1 is 1.16 bits per heavy atom. The van der Waals surface area contributed by atoms with E-state index in [0.717, 1.165) is 18.5 Å². The summed E-state index contributed by atoms with van der Waals surface area (Å²) in [6, 6.07) is 14.6. The molecule has 2 amide bonds. The number of carbonyl (C=O) groups excluding carboxylic acids is 2. The zero-order valence-electron chi connectivity index (χ0n) is 17.6. The molecule has 0 aliphatic heterocycles. The first-order valence-corrected chi connectivity index (χ1v) is 11.1. The maximum atomic E-state index is 12.4. The summed E-state index contributed by atoms with van der Waals surface area (Å²) in [7, 11) is 1.56. The number of nitrogens with one attached hydrogen (secondary N) is 2. The largest absolute Gasteiger partial charge is 0.495 e. The Bertz CT molecular complexity index is 1030. The van der Waals surface area contributed by atoms with Gasteiger partial charge in [-0.15, -0.1) is 0 Å². The molecule has 7 nitrogen and oxygen atoms in total. The molecule has 3 rings (SSSR count). The van der Waals surface area contributed by atoms with E-state index in [1.54, 1.807) is 31.5 Å². The first-order chi connectivity index (χ1) is 15.1. The fourth-order valence-electron chi connectivity index (χ4n) is 2.94. The second kappa shape index (κ2) is 11.2. The number of amides is 2. The molecule has 0 aliphatic carbocycles. The van der Waals surface area contributed by atoms with E-state index in [-0.39, 0.29) is 17.6 Å². The van der Waals surface area contributed by atoms with Gasteiger partial charge in [0.05, 0.1) is 18.6 Å². The van der Waals surface area contributed by atoms with Crippen LogP contribution in [0.5, 0.6) is 5.75 Å². The third-order valence-corrected chi connectivity index (χ3v) is 5.49. The Hall–Kier alpha value is -3.26. The first-order valence-electron chi connectivity index (χ1n) is 10.1. The highest BCUT2D eigenvalue weighted by Crippen LogP contribution is 2.25. The lowest BCUT2D eigenvalue weighted by atomic mass is 10.2. The fraction of sp³-hybridized carbons (Fsp3) is 0.261. The number of unbranched alkanes of at least 4 members (excludes halogenated alkanes) is 1. The Balaban J connectivity index is 1.65. The van der Waals surface area contributed by atoms with E-state index >= 15 is 0 Å². The van der Waals surface area contributed by atoms with Gasteiger partial charge in [0.15, 0.2) is 5.16 Å². The van der Waals surface area contributed by atoms with Gasteiger partial charge in [-0.25, -0.2) is 4.98 Å². The van der Waals surface area contributed by atoms with Crippen LogP contribution in [0.25, 0.3) is 5.69 Å². The molecule has 2 aromatic carbocycles.